The van der Waals surface area contributed by atoms with Crippen LogP contribution in [0.1, 0.15) is 6.42 Å². The van der Waals surface area contributed by atoms with Crippen molar-refractivity contribution < 1.29 is 4.74 Å². The first-order valence-electron chi connectivity index (χ1n) is 8.01. The number of fused-ring (bicyclic) bond motifs is 1. The Balaban J connectivity index is 1.39. The fraction of sp³-hybridized carbons (Fsp3) is 0.562. The highest BCUT2D eigenvalue weighted by Gasteiger charge is 2.23. The Labute approximate surface area is 130 Å². The number of rotatable bonds is 3. The summed E-state index contributed by atoms with van der Waals surface area (Å²) in [5.41, 5.74) is 1.58. The maximum absolute atomic E-state index is 5.47. The van der Waals surface area contributed by atoms with Gasteiger partial charge in [0.2, 0.25) is 0 Å². The number of piperazine rings is 1. The molecule has 0 aliphatic carbocycles. The Morgan fingerprint density at radius 3 is 2.77 bits per heavy atom. The van der Waals surface area contributed by atoms with Crippen molar-refractivity contribution >= 4 is 17.0 Å². The Morgan fingerprint density at radius 1 is 1.09 bits per heavy atom. The fourth-order valence-corrected chi connectivity index (χ4v) is 3.27. The van der Waals surface area contributed by atoms with Gasteiger partial charge in [0.1, 0.15) is 11.3 Å². The zero-order valence-electron chi connectivity index (χ0n) is 12.7. The fourth-order valence-electron chi connectivity index (χ4n) is 3.27. The number of ether oxygens (including phenoxy) is 1. The molecule has 2 aliphatic rings. The predicted molar refractivity (Wildman–Crippen MR) is 84.9 cm³/mol. The van der Waals surface area contributed by atoms with Gasteiger partial charge < -0.3 is 9.64 Å². The van der Waals surface area contributed by atoms with Crippen LogP contribution in [-0.4, -0.2) is 65.8 Å². The molecule has 0 N–H and O–H groups in total. The van der Waals surface area contributed by atoms with E-state index in [9.17, 15) is 0 Å². The molecule has 4 heterocycles. The van der Waals surface area contributed by atoms with Crippen molar-refractivity contribution in [2.24, 2.45) is 5.92 Å². The lowest BCUT2D eigenvalue weighted by molar-refractivity contribution is 0.164. The van der Waals surface area contributed by atoms with E-state index < -0.39 is 0 Å². The zero-order chi connectivity index (χ0) is 14.8. The highest BCUT2D eigenvalue weighted by Crippen LogP contribution is 2.19. The van der Waals surface area contributed by atoms with Gasteiger partial charge in [-0.2, -0.15) is 0 Å². The summed E-state index contributed by atoms with van der Waals surface area (Å²) < 4.78 is 5.47. The quantitative estimate of drug-likeness (QED) is 0.848. The molecule has 22 heavy (non-hydrogen) atoms. The number of aromatic nitrogens is 3. The van der Waals surface area contributed by atoms with Gasteiger partial charge in [0.15, 0.2) is 5.65 Å². The average Bonchev–Trinajstić information content (AvgIpc) is 3.08. The average molecular weight is 299 g/mol. The van der Waals surface area contributed by atoms with Gasteiger partial charge >= 0.3 is 0 Å². The van der Waals surface area contributed by atoms with Crippen LogP contribution in [0.3, 0.4) is 0 Å². The van der Waals surface area contributed by atoms with Crippen molar-refractivity contribution in [3.63, 3.8) is 0 Å². The van der Waals surface area contributed by atoms with Crippen LogP contribution in [0.25, 0.3) is 11.2 Å². The third kappa shape index (κ3) is 2.89. The molecule has 0 spiro atoms. The normalized spacial score (nSPS) is 23.3. The number of hydrogen-bond donors (Lipinski definition) is 0. The molecule has 2 aliphatic heterocycles. The SMILES string of the molecule is c1cnc2nc(N3CCN(CC4CCOC4)CC3)ccc2n1. The third-order valence-electron chi connectivity index (χ3n) is 4.55. The molecule has 0 aromatic carbocycles. The summed E-state index contributed by atoms with van der Waals surface area (Å²) in [6.07, 6.45) is 4.61. The smallest absolute Gasteiger partial charge is 0.180 e. The van der Waals surface area contributed by atoms with Crippen LogP contribution in [0.2, 0.25) is 0 Å². The monoisotopic (exact) mass is 299 g/mol. The van der Waals surface area contributed by atoms with E-state index in [1.165, 1.54) is 13.0 Å². The van der Waals surface area contributed by atoms with Crippen LogP contribution < -0.4 is 4.90 Å². The molecule has 2 saturated heterocycles. The van der Waals surface area contributed by atoms with E-state index in [0.717, 1.165) is 62.3 Å². The molecule has 0 bridgehead atoms. The summed E-state index contributed by atoms with van der Waals surface area (Å²) in [6.45, 7) is 7.27. The Bertz CT molecular complexity index is 635. The van der Waals surface area contributed by atoms with Crippen molar-refractivity contribution in [1.82, 2.24) is 19.9 Å². The van der Waals surface area contributed by atoms with E-state index in [-0.39, 0.29) is 0 Å². The van der Waals surface area contributed by atoms with Gasteiger partial charge in [0.05, 0.1) is 6.61 Å². The van der Waals surface area contributed by atoms with E-state index in [4.69, 9.17) is 4.74 Å². The second-order valence-electron chi connectivity index (χ2n) is 6.09. The van der Waals surface area contributed by atoms with Crippen LogP contribution in [0.15, 0.2) is 24.5 Å². The summed E-state index contributed by atoms with van der Waals surface area (Å²) in [5, 5.41) is 0. The number of pyridine rings is 1. The molecule has 1 unspecified atom stereocenters. The molecule has 2 aromatic heterocycles. The molecule has 6 nitrogen and oxygen atoms in total. The summed E-state index contributed by atoms with van der Waals surface area (Å²) in [4.78, 5) is 18.1. The Morgan fingerprint density at radius 2 is 1.95 bits per heavy atom. The number of hydrogen-bond acceptors (Lipinski definition) is 6. The molecule has 2 aromatic rings. The minimum Gasteiger partial charge on any atom is -0.381 e. The number of nitrogens with zero attached hydrogens (tertiary/aromatic N) is 5. The zero-order valence-corrected chi connectivity index (χ0v) is 12.7. The van der Waals surface area contributed by atoms with E-state index in [1.807, 2.05) is 6.07 Å². The minimum absolute atomic E-state index is 0.723. The molecule has 0 saturated carbocycles. The lowest BCUT2D eigenvalue weighted by atomic mass is 10.1. The molecule has 1 atom stereocenters. The van der Waals surface area contributed by atoms with Crippen LogP contribution in [0.4, 0.5) is 5.82 Å². The van der Waals surface area contributed by atoms with Crippen molar-refractivity contribution in [2.45, 2.75) is 6.42 Å². The van der Waals surface area contributed by atoms with Gasteiger partial charge in [-0.15, -0.1) is 0 Å². The van der Waals surface area contributed by atoms with Gasteiger partial charge in [-0.25, -0.2) is 9.97 Å². The van der Waals surface area contributed by atoms with Gasteiger partial charge in [-0.05, 0) is 24.5 Å². The molecule has 2 fully saturated rings. The van der Waals surface area contributed by atoms with Crippen LogP contribution >= 0.6 is 0 Å². The first-order valence-corrected chi connectivity index (χ1v) is 8.01. The summed E-state index contributed by atoms with van der Waals surface area (Å²) in [5.74, 6) is 1.73. The Kier molecular flexibility index (Phi) is 3.86. The highest BCUT2D eigenvalue weighted by atomic mass is 16.5. The van der Waals surface area contributed by atoms with Crippen LogP contribution in [-0.2, 0) is 4.74 Å². The number of anilines is 1. The Hall–Kier alpha value is -1.79. The largest absolute Gasteiger partial charge is 0.381 e. The summed E-state index contributed by atoms with van der Waals surface area (Å²) >= 11 is 0. The molecule has 116 valence electrons. The summed E-state index contributed by atoms with van der Waals surface area (Å²) in [7, 11) is 0. The van der Waals surface area contributed by atoms with Crippen LogP contribution in [0, 0.1) is 5.92 Å². The second kappa shape index (κ2) is 6.14. The molecule has 4 rings (SSSR count). The topological polar surface area (TPSA) is 54.4 Å². The van der Waals surface area contributed by atoms with Gasteiger partial charge in [0, 0.05) is 51.7 Å². The lowest BCUT2D eigenvalue weighted by Crippen LogP contribution is -2.48. The molecular formula is C16H21N5O. The van der Waals surface area contributed by atoms with Gasteiger partial charge in [-0.1, -0.05) is 0 Å². The van der Waals surface area contributed by atoms with Gasteiger partial charge in [0.25, 0.3) is 0 Å². The highest BCUT2D eigenvalue weighted by molar-refractivity contribution is 5.71. The second-order valence-corrected chi connectivity index (χ2v) is 6.09. The first-order chi connectivity index (χ1) is 10.9. The molecule has 0 amide bonds. The molecule has 0 radical (unpaired) electrons. The molecular weight excluding hydrogens is 278 g/mol. The first kappa shape index (κ1) is 13.8. The van der Waals surface area contributed by atoms with E-state index in [0.29, 0.717) is 0 Å². The molecule has 6 heteroatoms. The van der Waals surface area contributed by atoms with E-state index in [2.05, 4.69) is 30.8 Å². The predicted octanol–water partition coefficient (Wildman–Crippen LogP) is 1.18. The minimum atomic E-state index is 0.723. The third-order valence-corrected chi connectivity index (χ3v) is 4.55. The summed E-state index contributed by atoms with van der Waals surface area (Å²) in [6, 6.07) is 4.06. The maximum Gasteiger partial charge on any atom is 0.180 e. The maximum atomic E-state index is 5.47. The lowest BCUT2D eigenvalue weighted by Gasteiger charge is -2.36. The van der Waals surface area contributed by atoms with Crippen molar-refractivity contribution in [3.05, 3.63) is 24.5 Å². The van der Waals surface area contributed by atoms with Crippen molar-refractivity contribution in [1.29, 1.82) is 0 Å². The standard InChI is InChI=1S/C16H21N5O/c1-2-15(19-16-14(1)17-4-5-18-16)21-8-6-20(7-9-21)11-13-3-10-22-12-13/h1-2,4-5,13H,3,6-12H2. The van der Waals surface area contributed by atoms with Crippen LogP contribution in [0.5, 0.6) is 0 Å². The van der Waals surface area contributed by atoms with E-state index in [1.54, 1.807) is 12.4 Å². The van der Waals surface area contributed by atoms with Gasteiger partial charge in [-0.3, -0.25) is 9.88 Å². The van der Waals surface area contributed by atoms with Crippen molar-refractivity contribution in [2.75, 3.05) is 50.8 Å². The van der Waals surface area contributed by atoms with E-state index >= 15 is 0 Å². The van der Waals surface area contributed by atoms with Crippen molar-refractivity contribution in [3.8, 4) is 0 Å².